The van der Waals surface area contributed by atoms with Crippen molar-refractivity contribution in [3.05, 3.63) is 53.6 Å². The van der Waals surface area contributed by atoms with Gasteiger partial charge in [0.05, 0.1) is 10.5 Å². The molecule has 4 saturated carbocycles. The van der Waals surface area contributed by atoms with E-state index in [2.05, 4.69) is 23.5 Å². The molecule has 1 heterocycles. The van der Waals surface area contributed by atoms with Crippen LogP contribution in [0.4, 0.5) is 5.82 Å². The molecule has 0 unspecified atom stereocenters. The zero-order valence-electron chi connectivity index (χ0n) is 16.6. The second kappa shape index (κ2) is 6.70. The van der Waals surface area contributed by atoms with Crippen molar-refractivity contribution >= 4 is 28.3 Å². The predicted molar refractivity (Wildman–Crippen MR) is 119 cm³/mol. The van der Waals surface area contributed by atoms with Gasteiger partial charge >= 0.3 is 0 Å². The molecule has 0 amide bonds. The Balaban J connectivity index is 1.36. The first-order valence-electron chi connectivity index (χ1n) is 10.9. The van der Waals surface area contributed by atoms with Gasteiger partial charge in [-0.3, -0.25) is 0 Å². The van der Waals surface area contributed by atoms with Crippen LogP contribution in [-0.2, 0) is 0 Å². The highest BCUT2D eigenvalue weighted by molar-refractivity contribution is 6.33. The first-order chi connectivity index (χ1) is 14.2. The molecular weight excluding hydrogens is 378 g/mol. The molecule has 0 radical (unpaired) electrons. The average molecular weight is 404 g/mol. The van der Waals surface area contributed by atoms with E-state index in [0.29, 0.717) is 16.3 Å². The number of benzene rings is 2. The number of nitrogens with zero attached hydrogens (tertiary/aromatic N) is 2. The van der Waals surface area contributed by atoms with Crippen molar-refractivity contribution in [1.29, 1.82) is 0 Å². The Labute approximate surface area is 176 Å². The zero-order chi connectivity index (χ0) is 19.4. The first kappa shape index (κ1) is 17.7. The Bertz CT molecular complexity index is 1040. The third-order valence-electron chi connectivity index (χ3n) is 7.51. The monoisotopic (exact) mass is 403 g/mol. The van der Waals surface area contributed by atoms with Crippen LogP contribution in [0, 0.1) is 23.2 Å². The molecule has 0 aliphatic heterocycles. The van der Waals surface area contributed by atoms with Crippen molar-refractivity contribution in [2.45, 2.75) is 38.5 Å². The maximum Gasteiger partial charge on any atom is 0.163 e. The molecule has 0 saturated heterocycles. The zero-order valence-corrected chi connectivity index (χ0v) is 17.3. The average Bonchev–Trinajstić information content (AvgIpc) is 2.71. The topological polar surface area (TPSA) is 37.8 Å². The molecular formula is C25H26ClN3. The number of rotatable bonds is 4. The molecule has 0 spiro atoms. The number of hydrogen-bond donors (Lipinski definition) is 1. The number of hydrogen-bond acceptors (Lipinski definition) is 3. The lowest BCUT2D eigenvalue weighted by atomic mass is 9.49. The number of para-hydroxylation sites is 1. The van der Waals surface area contributed by atoms with E-state index >= 15 is 0 Å². The lowest BCUT2D eigenvalue weighted by Crippen LogP contribution is -2.49. The van der Waals surface area contributed by atoms with E-state index in [1.54, 1.807) is 0 Å². The Morgan fingerprint density at radius 3 is 2.24 bits per heavy atom. The van der Waals surface area contributed by atoms with E-state index in [0.717, 1.165) is 46.6 Å². The van der Waals surface area contributed by atoms with Gasteiger partial charge in [-0.25, -0.2) is 9.97 Å². The second-order valence-corrected chi connectivity index (χ2v) is 10.1. The van der Waals surface area contributed by atoms with Gasteiger partial charge in [0, 0.05) is 17.5 Å². The summed E-state index contributed by atoms with van der Waals surface area (Å²) in [5, 5.41) is 5.56. The van der Waals surface area contributed by atoms with Crippen LogP contribution in [0.3, 0.4) is 0 Å². The maximum absolute atomic E-state index is 6.45. The third-order valence-corrected chi connectivity index (χ3v) is 7.84. The molecule has 3 nitrogen and oxygen atoms in total. The molecule has 7 rings (SSSR count). The molecule has 4 heteroatoms. The van der Waals surface area contributed by atoms with Gasteiger partial charge in [-0.05, 0) is 86.0 Å². The summed E-state index contributed by atoms with van der Waals surface area (Å²) in [6.07, 6.45) is 8.62. The quantitative estimate of drug-likeness (QED) is 0.534. The second-order valence-electron chi connectivity index (χ2n) is 9.66. The highest BCUT2D eigenvalue weighted by Crippen LogP contribution is 2.60. The van der Waals surface area contributed by atoms with Crippen molar-refractivity contribution < 1.29 is 0 Å². The molecule has 29 heavy (non-hydrogen) atoms. The lowest BCUT2D eigenvalue weighted by molar-refractivity contribution is -0.0444. The highest BCUT2D eigenvalue weighted by atomic mass is 35.5. The van der Waals surface area contributed by atoms with Gasteiger partial charge in [-0.2, -0.15) is 0 Å². The minimum atomic E-state index is 0.464. The van der Waals surface area contributed by atoms with E-state index in [9.17, 15) is 0 Å². The Morgan fingerprint density at radius 1 is 0.862 bits per heavy atom. The largest absolute Gasteiger partial charge is 0.369 e. The molecule has 4 fully saturated rings. The number of fused-ring (bicyclic) bond motifs is 1. The van der Waals surface area contributed by atoms with Crippen molar-refractivity contribution in [2.24, 2.45) is 23.2 Å². The summed E-state index contributed by atoms with van der Waals surface area (Å²) >= 11 is 6.45. The fourth-order valence-corrected chi connectivity index (χ4v) is 6.97. The van der Waals surface area contributed by atoms with Gasteiger partial charge in [0.25, 0.3) is 0 Å². The van der Waals surface area contributed by atoms with E-state index in [-0.39, 0.29) is 0 Å². The van der Waals surface area contributed by atoms with Crippen molar-refractivity contribution in [3.63, 3.8) is 0 Å². The van der Waals surface area contributed by atoms with Gasteiger partial charge in [-0.15, -0.1) is 0 Å². The van der Waals surface area contributed by atoms with Crippen LogP contribution >= 0.6 is 11.6 Å². The highest BCUT2D eigenvalue weighted by Gasteiger charge is 2.50. The normalized spacial score (nSPS) is 30.0. The standard InChI is InChI=1S/C25H26ClN3/c26-21-7-3-1-5-19(21)24-28-22-8-4-2-6-20(22)23(29-24)27-15-25-12-16-9-17(13-25)11-18(10-16)14-25/h1-8,16-18H,9-15H2,(H,27,28,29). The van der Waals surface area contributed by atoms with E-state index in [4.69, 9.17) is 21.6 Å². The molecule has 4 aliphatic rings. The SMILES string of the molecule is Clc1ccccc1-c1nc(NCC23CC4CC(CC(C4)C2)C3)c2ccccc2n1. The van der Waals surface area contributed by atoms with Gasteiger partial charge in [0.2, 0.25) is 0 Å². The number of aromatic nitrogens is 2. The number of halogens is 1. The Morgan fingerprint density at radius 2 is 1.52 bits per heavy atom. The summed E-state index contributed by atoms with van der Waals surface area (Å²) in [5.41, 5.74) is 2.31. The van der Waals surface area contributed by atoms with Gasteiger partial charge in [0.1, 0.15) is 5.82 Å². The summed E-state index contributed by atoms with van der Waals surface area (Å²) < 4.78 is 0. The summed E-state index contributed by atoms with van der Waals surface area (Å²) in [7, 11) is 0. The van der Waals surface area contributed by atoms with Crippen LogP contribution in [0.25, 0.3) is 22.3 Å². The molecule has 3 aromatic rings. The van der Waals surface area contributed by atoms with E-state index < -0.39 is 0 Å². The van der Waals surface area contributed by atoms with Crippen molar-refractivity contribution in [2.75, 3.05) is 11.9 Å². The van der Waals surface area contributed by atoms with E-state index in [1.165, 1.54) is 38.5 Å². The van der Waals surface area contributed by atoms with E-state index in [1.807, 2.05) is 30.3 Å². The van der Waals surface area contributed by atoms with Crippen molar-refractivity contribution in [1.82, 2.24) is 9.97 Å². The van der Waals surface area contributed by atoms with Gasteiger partial charge < -0.3 is 5.32 Å². The summed E-state index contributed by atoms with van der Waals surface area (Å²) in [6.45, 7) is 1.03. The lowest BCUT2D eigenvalue weighted by Gasteiger charge is -2.57. The number of nitrogens with one attached hydrogen (secondary N) is 1. The molecule has 2 aromatic carbocycles. The van der Waals surface area contributed by atoms with Crippen LogP contribution in [0.2, 0.25) is 5.02 Å². The maximum atomic E-state index is 6.45. The minimum Gasteiger partial charge on any atom is -0.369 e. The molecule has 148 valence electrons. The summed E-state index contributed by atoms with van der Waals surface area (Å²) in [4.78, 5) is 9.75. The van der Waals surface area contributed by atoms with Crippen LogP contribution < -0.4 is 5.32 Å². The summed E-state index contributed by atoms with van der Waals surface area (Å²) in [6, 6.07) is 16.1. The van der Waals surface area contributed by atoms with Crippen molar-refractivity contribution in [3.8, 4) is 11.4 Å². The van der Waals surface area contributed by atoms with Crippen LogP contribution in [0.1, 0.15) is 38.5 Å². The smallest absolute Gasteiger partial charge is 0.163 e. The molecule has 4 bridgehead atoms. The van der Waals surface area contributed by atoms with Crippen LogP contribution in [0.15, 0.2) is 48.5 Å². The Kier molecular flexibility index (Phi) is 4.09. The number of anilines is 1. The molecule has 1 N–H and O–H groups in total. The molecule has 1 aromatic heterocycles. The predicted octanol–water partition coefficient (Wildman–Crippen LogP) is 6.58. The molecule has 4 aliphatic carbocycles. The fourth-order valence-electron chi connectivity index (χ4n) is 6.75. The first-order valence-corrected chi connectivity index (χ1v) is 11.3. The minimum absolute atomic E-state index is 0.464. The Hall–Kier alpha value is -2.13. The molecule has 0 atom stereocenters. The van der Waals surface area contributed by atoms with Gasteiger partial charge in [-0.1, -0.05) is 35.9 Å². The van der Waals surface area contributed by atoms with Crippen LogP contribution in [-0.4, -0.2) is 16.5 Å². The fraction of sp³-hybridized carbons (Fsp3) is 0.440. The van der Waals surface area contributed by atoms with Gasteiger partial charge in [0.15, 0.2) is 5.82 Å². The summed E-state index contributed by atoms with van der Waals surface area (Å²) in [5.74, 6) is 4.53. The van der Waals surface area contributed by atoms with Crippen LogP contribution in [0.5, 0.6) is 0 Å². The third kappa shape index (κ3) is 3.11.